The fraction of sp³-hybridized carbons (Fsp3) is 0.929. The summed E-state index contributed by atoms with van der Waals surface area (Å²) in [5.74, 6) is 0.286. The highest BCUT2D eigenvalue weighted by molar-refractivity contribution is 5.76. The van der Waals surface area contributed by atoms with Crippen LogP contribution in [-0.2, 0) is 9.53 Å². The van der Waals surface area contributed by atoms with Crippen LogP contribution >= 0.6 is 0 Å². The standard InChI is InChI=1S/C14H29N3O3/c1-11(2)9-12(15)13(18)10-14(19)16-3-4-17-5-7-20-8-6-17/h11-13,18H,3-10,15H2,1-2H3,(H,16,19)/t12-,13-/m0/s1. The first-order valence-electron chi connectivity index (χ1n) is 7.49. The second kappa shape index (κ2) is 9.28. The van der Waals surface area contributed by atoms with Crippen LogP contribution < -0.4 is 11.1 Å². The van der Waals surface area contributed by atoms with Crippen molar-refractivity contribution in [3.8, 4) is 0 Å². The number of ether oxygens (including phenoxy) is 1. The Kier molecular flexibility index (Phi) is 8.06. The SMILES string of the molecule is CC(C)C[C@H](N)[C@@H](O)CC(=O)NCCN1CCOCC1. The number of nitrogens with two attached hydrogens (primary N) is 1. The normalized spacial score (nSPS) is 19.9. The highest BCUT2D eigenvalue weighted by Gasteiger charge is 2.19. The number of aliphatic hydroxyl groups is 1. The largest absolute Gasteiger partial charge is 0.391 e. The minimum atomic E-state index is -0.763. The first-order valence-corrected chi connectivity index (χ1v) is 7.49. The Morgan fingerprint density at radius 2 is 2.05 bits per heavy atom. The third-order valence-corrected chi connectivity index (χ3v) is 3.49. The smallest absolute Gasteiger partial charge is 0.222 e. The Bertz CT molecular complexity index is 281. The fourth-order valence-electron chi connectivity index (χ4n) is 2.29. The van der Waals surface area contributed by atoms with Crippen molar-refractivity contribution < 1.29 is 14.6 Å². The third-order valence-electron chi connectivity index (χ3n) is 3.49. The molecule has 1 saturated heterocycles. The number of rotatable bonds is 8. The van der Waals surface area contributed by atoms with Gasteiger partial charge >= 0.3 is 0 Å². The van der Waals surface area contributed by atoms with Gasteiger partial charge in [0.15, 0.2) is 0 Å². The van der Waals surface area contributed by atoms with Gasteiger partial charge in [0.2, 0.25) is 5.91 Å². The highest BCUT2D eigenvalue weighted by atomic mass is 16.5. The summed E-state index contributed by atoms with van der Waals surface area (Å²) in [7, 11) is 0. The number of hydrogen-bond donors (Lipinski definition) is 3. The Morgan fingerprint density at radius 3 is 2.65 bits per heavy atom. The van der Waals surface area contributed by atoms with Gasteiger partial charge in [0.1, 0.15) is 0 Å². The van der Waals surface area contributed by atoms with E-state index in [2.05, 4.69) is 24.1 Å². The molecule has 20 heavy (non-hydrogen) atoms. The molecule has 0 spiro atoms. The van der Waals surface area contributed by atoms with Gasteiger partial charge in [0.05, 0.1) is 25.7 Å². The highest BCUT2D eigenvalue weighted by Crippen LogP contribution is 2.08. The molecule has 1 fully saturated rings. The maximum atomic E-state index is 11.7. The van der Waals surface area contributed by atoms with Gasteiger partial charge in [-0.1, -0.05) is 13.8 Å². The first kappa shape index (κ1) is 17.4. The van der Waals surface area contributed by atoms with Crippen molar-refractivity contribution in [3.05, 3.63) is 0 Å². The van der Waals surface area contributed by atoms with Crippen LogP contribution in [0, 0.1) is 5.92 Å². The topological polar surface area (TPSA) is 87.8 Å². The lowest BCUT2D eigenvalue weighted by Crippen LogP contribution is -2.43. The fourth-order valence-corrected chi connectivity index (χ4v) is 2.29. The average molecular weight is 287 g/mol. The lowest BCUT2D eigenvalue weighted by molar-refractivity contribution is -0.123. The van der Waals surface area contributed by atoms with Gasteiger partial charge in [-0.25, -0.2) is 0 Å². The van der Waals surface area contributed by atoms with E-state index in [0.717, 1.165) is 39.3 Å². The molecule has 0 radical (unpaired) electrons. The molecule has 6 heteroatoms. The van der Waals surface area contributed by atoms with Crippen molar-refractivity contribution in [3.63, 3.8) is 0 Å². The van der Waals surface area contributed by atoms with Crippen LogP contribution in [0.2, 0.25) is 0 Å². The molecule has 2 atom stereocenters. The van der Waals surface area contributed by atoms with Gasteiger partial charge in [0, 0.05) is 32.2 Å². The van der Waals surface area contributed by atoms with E-state index in [0.29, 0.717) is 12.5 Å². The molecule has 0 aromatic carbocycles. The van der Waals surface area contributed by atoms with Crippen LogP contribution in [0.5, 0.6) is 0 Å². The zero-order valence-electron chi connectivity index (χ0n) is 12.7. The third kappa shape index (κ3) is 7.19. The van der Waals surface area contributed by atoms with Crippen molar-refractivity contribution in [2.75, 3.05) is 39.4 Å². The van der Waals surface area contributed by atoms with Gasteiger partial charge in [-0.15, -0.1) is 0 Å². The van der Waals surface area contributed by atoms with Crippen LogP contribution in [0.1, 0.15) is 26.7 Å². The molecule has 0 aromatic heterocycles. The minimum absolute atomic E-state index is 0.0804. The molecule has 1 heterocycles. The molecule has 1 amide bonds. The van der Waals surface area contributed by atoms with E-state index in [1.165, 1.54) is 0 Å². The lowest BCUT2D eigenvalue weighted by Gasteiger charge is -2.26. The number of nitrogens with zero attached hydrogens (tertiary/aromatic N) is 1. The van der Waals surface area contributed by atoms with Gasteiger partial charge in [-0.3, -0.25) is 9.69 Å². The van der Waals surface area contributed by atoms with Gasteiger partial charge in [0.25, 0.3) is 0 Å². The van der Waals surface area contributed by atoms with E-state index >= 15 is 0 Å². The molecule has 1 rings (SSSR count). The zero-order chi connectivity index (χ0) is 15.0. The molecule has 0 saturated carbocycles. The maximum Gasteiger partial charge on any atom is 0.222 e. The average Bonchev–Trinajstić information content (AvgIpc) is 2.39. The van der Waals surface area contributed by atoms with Crippen LogP contribution in [0.3, 0.4) is 0 Å². The molecule has 4 N–H and O–H groups in total. The minimum Gasteiger partial charge on any atom is -0.391 e. The summed E-state index contributed by atoms with van der Waals surface area (Å²) < 4.78 is 5.26. The molecule has 0 aliphatic carbocycles. The summed E-state index contributed by atoms with van der Waals surface area (Å²) in [6.07, 6.45) is 0.0416. The predicted octanol–water partition coefficient (Wildman–Crippen LogP) is -0.441. The van der Waals surface area contributed by atoms with Crippen molar-refractivity contribution in [2.45, 2.75) is 38.8 Å². The van der Waals surface area contributed by atoms with Crippen LogP contribution in [0.4, 0.5) is 0 Å². The summed E-state index contributed by atoms with van der Waals surface area (Å²) in [6, 6.07) is -0.333. The Morgan fingerprint density at radius 1 is 1.40 bits per heavy atom. The number of amides is 1. The maximum absolute atomic E-state index is 11.7. The summed E-state index contributed by atoms with van der Waals surface area (Å²) in [5, 5.41) is 12.7. The lowest BCUT2D eigenvalue weighted by atomic mass is 9.98. The first-order chi connectivity index (χ1) is 9.49. The van der Waals surface area contributed by atoms with Gasteiger partial charge in [-0.05, 0) is 12.3 Å². The second-order valence-corrected chi connectivity index (χ2v) is 5.87. The molecular weight excluding hydrogens is 258 g/mol. The quantitative estimate of drug-likeness (QED) is 0.563. The Balaban J connectivity index is 2.12. The van der Waals surface area contributed by atoms with Crippen LogP contribution in [0.15, 0.2) is 0 Å². The number of carbonyl (C=O) groups is 1. The molecule has 0 unspecified atom stereocenters. The monoisotopic (exact) mass is 287 g/mol. The van der Waals surface area contributed by atoms with Crippen molar-refractivity contribution >= 4 is 5.91 Å². The number of morpholine rings is 1. The number of nitrogens with one attached hydrogen (secondary N) is 1. The molecule has 0 bridgehead atoms. The number of carbonyl (C=O) groups excluding carboxylic acids is 1. The molecule has 118 valence electrons. The van der Waals surface area contributed by atoms with Gasteiger partial charge < -0.3 is 20.9 Å². The molecule has 0 aromatic rings. The summed E-state index contributed by atoms with van der Waals surface area (Å²) in [6.45, 7) is 8.88. The molecule has 1 aliphatic heterocycles. The van der Waals surface area contributed by atoms with E-state index in [1.54, 1.807) is 0 Å². The number of aliphatic hydroxyl groups excluding tert-OH is 1. The molecular formula is C14H29N3O3. The van der Waals surface area contributed by atoms with Crippen LogP contribution in [-0.4, -0.2) is 67.5 Å². The van der Waals surface area contributed by atoms with E-state index in [-0.39, 0.29) is 18.4 Å². The molecule has 1 aliphatic rings. The van der Waals surface area contributed by atoms with E-state index in [9.17, 15) is 9.90 Å². The number of hydrogen-bond acceptors (Lipinski definition) is 5. The van der Waals surface area contributed by atoms with E-state index in [4.69, 9.17) is 10.5 Å². The second-order valence-electron chi connectivity index (χ2n) is 5.87. The zero-order valence-corrected chi connectivity index (χ0v) is 12.7. The summed E-state index contributed by atoms with van der Waals surface area (Å²) in [5.41, 5.74) is 5.86. The summed E-state index contributed by atoms with van der Waals surface area (Å²) >= 11 is 0. The van der Waals surface area contributed by atoms with E-state index < -0.39 is 6.10 Å². The molecule has 6 nitrogen and oxygen atoms in total. The Labute approximate surface area is 121 Å². The van der Waals surface area contributed by atoms with E-state index in [1.807, 2.05) is 0 Å². The van der Waals surface area contributed by atoms with Crippen molar-refractivity contribution in [2.24, 2.45) is 11.7 Å². The van der Waals surface area contributed by atoms with Crippen molar-refractivity contribution in [1.29, 1.82) is 0 Å². The van der Waals surface area contributed by atoms with Crippen LogP contribution in [0.25, 0.3) is 0 Å². The summed E-state index contributed by atoms with van der Waals surface area (Å²) in [4.78, 5) is 14.0. The Hall–Kier alpha value is -0.690. The van der Waals surface area contributed by atoms with Gasteiger partial charge in [-0.2, -0.15) is 0 Å². The predicted molar refractivity (Wildman–Crippen MR) is 78.3 cm³/mol. The van der Waals surface area contributed by atoms with Crippen molar-refractivity contribution in [1.82, 2.24) is 10.2 Å².